The first kappa shape index (κ1) is 18.3. The molecule has 0 fully saturated rings. The molecule has 2 aromatic heterocycles. The quantitative estimate of drug-likeness (QED) is 0.663. The number of hydrogen-bond acceptors (Lipinski definition) is 3. The van der Waals surface area contributed by atoms with Crippen LogP contribution in [-0.4, -0.2) is 32.0 Å². The molecule has 136 valence electrons. The first-order chi connectivity index (χ1) is 12.7. The highest BCUT2D eigenvalue weighted by molar-refractivity contribution is 7.98. The number of imidazole rings is 1. The second-order valence-electron chi connectivity index (χ2n) is 6.18. The van der Waals surface area contributed by atoms with Crippen LogP contribution in [0.3, 0.4) is 0 Å². The minimum atomic E-state index is -0.281. The van der Waals surface area contributed by atoms with Crippen molar-refractivity contribution in [2.45, 2.75) is 18.5 Å². The van der Waals surface area contributed by atoms with Crippen LogP contribution >= 0.6 is 11.8 Å². The lowest BCUT2D eigenvalue weighted by atomic mass is 10.1. The number of carbonyl (C=O) groups is 1. The summed E-state index contributed by atoms with van der Waals surface area (Å²) in [5.41, 5.74) is 1.02. The van der Waals surface area contributed by atoms with Crippen molar-refractivity contribution < 1.29 is 4.79 Å². The van der Waals surface area contributed by atoms with E-state index in [-0.39, 0.29) is 18.0 Å². The average molecular weight is 369 g/mol. The zero-order valence-electron chi connectivity index (χ0n) is 15.1. The molecule has 26 heavy (non-hydrogen) atoms. The van der Waals surface area contributed by atoms with E-state index in [1.165, 1.54) is 0 Å². The van der Waals surface area contributed by atoms with Crippen molar-refractivity contribution in [3.63, 3.8) is 0 Å². The van der Waals surface area contributed by atoms with Crippen LogP contribution in [-0.2, 0) is 11.8 Å². The van der Waals surface area contributed by atoms with Crippen LogP contribution in [0.15, 0.2) is 67.3 Å². The third-order valence-electron chi connectivity index (χ3n) is 4.42. The highest BCUT2D eigenvalue weighted by Crippen LogP contribution is 2.23. The molecule has 0 saturated heterocycles. The van der Waals surface area contributed by atoms with Gasteiger partial charge < -0.3 is 14.5 Å². The van der Waals surface area contributed by atoms with E-state index in [4.69, 9.17) is 0 Å². The number of rotatable bonds is 8. The highest BCUT2D eigenvalue weighted by atomic mass is 32.2. The summed E-state index contributed by atoms with van der Waals surface area (Å²) in [5, 5.41) is 3.22. The van der Waals surface area contributed by atoms with E-state index in [1.807, 2.05) is 77.2 Å². The number of benzene rings is 1. The lowest BCUT2D eigenvalue weighted by Gasteiger charge is -2.24. The topological polar surface area (TPSA) is 51.9 Å². The van der Waals surface area contributed by atoms with Crippen molar-refractivity contribution in [1.29, 1.82) is 0 Å². The molecule has 5 nitrogen and oxygen atoms in total. The molecule has 0 saturated carbocycles. The molecule has 1 aromatic carbocycles. The van der Waals surface area contributed by atoms with E-state index < -0.39 is 0 Å². The largest absolute Gasteiger partial charge is 0.342 e. The molecule has 0 radical (unpaired) electrons. The van der Waals surface area contributed by atoms with Crippen molar-refractivity contribution in [3.8, 4) is 0 Å². The molecule has 3 aromatic rings. The Bertz CT molecular complexity index is 813. The first-order valence-electron chi connectivity index (χ1n) is 8.64. The van der Waals surface area contributed by atoms with E-state index in [0.29, 0.717) is 0 Å². The SMILES string of the molecule is CSCC[C@H](C(=O)N[C@H](c1ccccc1)c1nccn1C)n1cccc1. The van der Waals surface area contributed by atoms with Gasteiger partial charge in [-0.3, -0.25) is 4.79 Å². The fraction of sp³-hybridized carbons (Fsp3) is 0.300. The maximum absolute atomic E-state index is 13.2. The van der Waals surface area contributed by atoms with Crippen LogP contribution < -0.4 is 5.32 Å². The van der Waals surface area contributed by atoms with E-state index in [0.717, 1.165) is 23.6 Å². The summed E-state index contributed by atoms with van der Waals surface area (Å²) in [5.74, 6) is 1.75. The van der Waals surface area contributed by atoms with Crippen LogP contribution in [0, 0.1) is 0 Å². The van der Waals surface area contributed by atoms with Crippen LogP contribution in [0.2, 0.25) is 0 Å². The van der Waals surface area contributed by atoms with Gasteiger partial charge in [-0.25, -0.2) is 4.98 Å². The number of aryl methyl sites for hydroxylation is 1. The van der Waals surface area contributed by atoms with Gasteiger partial charge in [-0.05, 0) is 36.1 Å². The zero-order chi connectivity index (χ0) is 18.4. The van der Waals surface area contributed by atoms with Crippen LogP contribution in [0.4, 0.5) is 0 Å². The Balaban J connectivity index is 1.88. The van der Waals surface area contributed by atoms with Gasteiger partial charge in [-0.2, -0.15) is 11.8 Å². The van der Waals surface area contributed by atoms with Gasteiger partial charge in [0.1, 0.15) is 17.9 Å². The minimum absolute atomic E-state index is 0.00658. The monoisotopic (exact) mass is 368 g/mol. The van der Waals surface area contributed by atoms with E-state index >= 15 is 0 Å². The third-order valence-corrected chi connectivity index (χ3v) is 5.07. The molecule has 1 amide bonds. The Morgan fingerprint density at radius 3 is 2.50 bits per heavy atom. The van der Waals surface area contributed by atoms with E-state index in [9.17, 15) is 4.79 Å². The fourth-order valence-corrected chi connectivity index (χ4v) is 3.50. The fourth-order valence-electron chi connectivity index (χ4n) is 3.04. The Hall–Kier alpha value is -2.47. The van der Waals surface area contributed by atoms with Crippen LogP contribution in [0.25, 0.3) is 0 Å². The second-order valence-corrected chi connectivity index (χ2v) is 7.16. The molecular weight excluding hydrogens is 344 g/mol. The summed E-state index contributed by atoms with van der Waals surface area (Å²) in [7, 11) is 1.95. The molecule has 0 aliphatic heterocycles. The molecule has 0 unspecified atom stereocenters. The lowest BCUT2D eigenvalue weighted by molar-refractivity contribution is -0.125. The lowest BCUT2D eigenvalue weighted by Crippen LogP contribution is -2.37. The van der Waals surface area contributed by atoms with Gasteiger partial charge in [-0.15, -0.1) is 0 Å². The molecule has 6 heteroatoms. The first-order valence-corrected chi connectivity index (χ1v) is 10.0. The Morgan fingerprint density at radius 1 is 1.15 bits per heavy atom. The number of amides is 1. The predicted octanol–water partition coefficient (Wildman–Crippen LogP) is 3.42. The maximum Gasteiger partial charge on any atom is 0.243 e. The molecule has 0 aliphatic carbocycles. The zero-order valence-corrected chi connectivity index (χ0v) is 15.9. The number of nitrogens with one attached hydrogen (secondary N) is 1. The summed E-state index contributed by atoms with van der Waals surface area (Å²) < 4.78 is 3.93. The molecule has 0 aliphatic rings. The van der Waals surface area contributed by atoms with Crippen molar-refractivity contribution in [1.82, 2.24) is 19.4 Å². The van der Waals surface area contributed by atoms with Gasteiger partial charge in [0.15, 0.2) is 0 Å². The van der Waals surface area contributed by atoms with Gasteiger partial charge in [0.05, 0.1) is 0 Å². The Morgan fingerprint density at radius 2 is 1.88 bits per heavy atom. The molecule has 1 N–H and O–H groups in total. The Kier molecular flexibility index (Phi) is 6.17. The van der Waals surface area contributed by atoms with Crippen molar-refractivity contribution in [2.24, 2.45) is 7.05 Å². The maximum atomic E-state index is 13.2. The van der Waals surface area contributed by atoms with Gasteiger partial charge >= 0.3 is 0 Å². The van der Waals surface area contributed by atoms with Crippen molar-refractivity contribution in [2.75, 3.05) is 12.0 Å². The van der Waals surface area contributed by atoms with Crippen LogP contribution in [0.1, 0.15) is 29.9 Å². The standard InChI is InChI=1S/C20H24N4OS/c1-23-14-11-21-19(23)18(16-8-4-3-5-9-16)22-20(25)17(10-15-26-2)24-12-6-7-13-24/h3-9,11-14,17-18H,10,15H2,1-2H3,(H,22,25)/t17-,18-/m1/s1. The summed E-state index contributed by atoms with van der Waals surface area (Å²) in [6.45, 7) is 0. The second kappa shape index (κ2) is 8.76. The molecule has 0 spiro atoms. The van der Waals surface area contributed by atoms with Crippen LogP contribution in [0.5, 0.6) is 0 Å². The third kappa shape index (κ3) is 4.19. The van der Waals surface area contributed by atoms with Gasteiger partial charge in [0.2, 0.25) is 5.91 Å². The number of aromatic nitrogens is 3. The number of nitrogens with zero attached hydrogens (tertiary/aromatic N) is 3. The van der Waals surface area contributed by atoms with Gasteiger partial charge in [0, 0.05) is 31.8 Å². The predicted molar refractivity (Wildman–Crippen MR) is 106 cm³/mol. The number of carbonyl (C=O) groups excluding carboxylic acids is 1. The molecular formula is C20H24N4OS. The van der Waals surface area contributed by atoms with Crippen molar-refractivity contribution >= 4 is 17.7 Å². The van der Waals surface area contributed by atoms with E-state index in [2.05, 4.69) is 16.6 Å². The van der Waals surface area contributed by atoms with Crippen molar-refractivity contribution in [3.05, 3.63) is 78.6 Å². The molecule has 2 heterocycles. The Labute approximate surface area is 158 Å². The number of hydrogen-bond donors (Lipinski definition) is 1. The molecule has 2 atom stereocenters. The van der Waals surface area contributed by atoms with Gasteiger partial charge in [0.25, 0.3) is 0 Å². The molecule has 3 rings (SSSR count). The summed E-state index contributed by atoms with van der Waals surface area (Å²) in [4.78, 5) is 17.6. The summed E-state index contributed by atoms with van der Waals surface area (Å²) >= 11 is 1.75. The number of thioether (sulfide) groups is 1. The van der Waals surface area contributed by atoms with Gasteiger partial charge in [-0.1, -0.05) is 30.3 Å². The molecule has 0 bridgehead atoms. The smallest absolute Gasteiger partial charge is 0.243 e. The average Bonchev–Trinajstić information content (AvgIpc) is 3.33. The van der Waals surface area contributed by atoms with E-state index in [1.54, 1.807) is 18.0 Å². The minimum Gasteiger partial charge on any atom is -0.342 e. The summed E-state index contributed by atoms with van der Waals surface area (Å²) in [6.07, 6.45) is 10.4. The summed E-state index contributed by atoms with van der Waals surface area (Å²) in [6, 6.07) is 13.4. The highest BCUT2D eigenvalue weighted by Gasteiger charge is 2.26. The normalized spacial score (nSPS) is 13.3.